The summed E-state index contributed by atoms with van der Waals surface area (Å²) in [5.74, 6) is 0.635. The molecular formula is C15H15N3O. The Hall–Kier alpha value is -2.67. The van der Waals surface area contributed by atoms with E-state index in [4.69, 9.17) is 15.7 Å². The van der Waals surface area contributed by atoms with Gasteiger partial charge in [-0.2, -0.15) is 5.26 Å². The number of hydrogen-bond donors (Lipinski definition) is 2. The van der Waals surface area contributed by atoms with Crippen molar-refractivity contribution in [3.05, 3.63) is 47.5 Å². The Kier molecular flexibility index (Phi) is 3.58. The van der Waals surface area contributed by atoms with E-state index in [1.807, 2.05) is 31.2 Å². The monoisotopic (exact) mass is 253 g/mol. The fourth-order valence-corrected chi connectivity index (χ4v) is 1.89. The van der Waals surface area contributed by atoms with Crippen LogP contribution in [-0.2, 0) is 0 Å². The summed E-state index contributed by atoms with van der Waals surface area (Å²) >= 11 is 0. The van der Waals surface area contributed by atoms with Crippen LogP contribution in [-0.4, -0.2) is 7.11 Å². The van der Waals surface area contributed by atoms with Crippen LogP contribution in [0.15, 0.2) is 36.4 Å². The van der Waals surface area contributed by atoms with E-state index >= 15 is 0 Å². The zero-order valence-corrected chi connectivity index (χ0v) is 10.9. The molecule has 19 heavy (non-hydrogen) atoms. The number of methoxy groups -OCH3 is 1. The average Bonchev–Trinajstić information content (AvgIpc) is 2.42. The van der Waals surface area contributed by atoms with Crippen molar-refractivity contribution in [2.45, 2.75) is 6.92 Å². The number of nitrogen functional groups attached to an aromatic ring is 1. The molecule has 0 aliphatic heterocycles. The molecule has 0 heterocycles. The topological polar surface area (TPSA) is 71.1 Å². The first-order valence-electron chi connectivity index (χ1n) is 5.86. The number of nitrogens with one attached hydrogen (secondary N) is 1. The van der Waals surface area contributed by atoms with Gasteiger partial charge in [0, 0.05) is 11.4 Å². The molecule has 0 radical (unpaired) electrons. The van der Waals surface area contributed by atoms with Crippen molar-refractivity contribution in [2.24, 2.45) is 0 Å². The molecule has 4 heteroatoms. The van der Waals surface area contributed by atoms with Gasteiger partial charge in [-0.25, -0.2) is 0 Å². The van der Waals surface area contributed by atoms with E-state index in [1.165, 1.54) is 0 Å². The van der Waals surface area contributed by atoms with Crippen LogP contribution in [0.25, 0.3) is 0 Å². The van der Waals surface area contributed by atoms with Crippen molar-refractivity contribution in [3.8, 4) is 11.8 Å². The summed E-state index contributed by atoms with van der Waals surface area (Å²) in [5, 5.41) is 12.4. The molecule has 0 aliphatic carbocycles. The molecule has 3 N–H and O–H groups in total. The van der Waals surface area contributed by atoms with E-state index in [2.05, 4.69) is 11.4 Å². The lowest BCUT2D eigenvalue weighted by Crippen LogP contribution is -1.99. The lowest BCUT2D eigenvalue weighted by atomic mass is 10.1. The summed E-state index contributed by atoms with van der Waals surface area (Å²) in [7, 11) is 1.58. The zero-order chi connectivity index (χ0) is 13.8. The van der Waals surface area contributed by atoms with Gasteiger partial charge >= 0.3 is 0 Å². The number of ether oxygens (including phenoxy) is 1. The SMILES string of the molecule is COc1cccc(C#N)c1Nc1ccc(N)cc1C. The quantitative estimate of drug-likeness (QED) is 0.824. The lowest BCUT2D eigenvalue weighted by Gasteiger charge is -2.14. The molecule has 0 amide bonds. The minimum atomic E-state index is 0.538. The van der Waals surface area contributed by atoms with E-state index in [0.29, 0.717) is 22.7 Å². The van der Waals surface area contributed by atoms with Crippen molar-refractivity contribution >= 4 is 17.1 Å². The second-order valence-corrected chi connectivity index (χ2v) is 4.19. The van der Waals surface area contributed by atoms with Gasteiger partial charge in [-0.1, -0.05) is 6.07 Å². The molecule has 0 bridgehead atoms. The number of anilines is 3. The molecule has 2 aromatic carbocycles. The van der Waals surface area contributed by atoms with Crippen LogP contribution in [0.5, 0.6) is 5.75 Å². The van der Waals surface area contributed by atoms with Gasteiger partial charge in [0.2, 0.25) is 0 Å². The Morgan fingerprint density at radius 1 is 1.26 bits per heavy atom. The van der Waals surface area contributed by atoms with Gasteiger partial charge in [0.15, 0.2) is 0 Å². The van der Waals surface area contributed by atoms with Crippen LogP contribution >= 0.6 is 0 Å². The van der Waals surface area contributed by atoms with Gasteiger partial charge in [0.25, 0.3) is 0 Å². The van der Waals surface area contributed by atoms with E-state index < -0.39 is 0 Å². The molecule has 0 spiro atoms. The summed E-state index contributed by atoms with van der Waals surface area (Å²) in [5.41, 5.74) is 9.55. The minimum absolute atomic E-state index is 0.538. The fourth-order valence-electron chi connectivity index (χ4n) is 1.89. The maximum Gasteiger partial charge on any atom is 0.143 e. The van der Waals surface area contributed by atoms with Gasteiger partial charge in [-0.15, -0.1) is 0 Å². The van der Waals surface area contributed by atoms with Crippen LogP contribution in [0.1, 0.15) is 11.1 Å². The Bertz CT molecular complexity index is 644. The van der Waals surface area contributed by atoms with E-state index in [-0.39, 0.29) is 0 Å². The van der Waals surface area contributed by atoms with Gasteiger partial charge in [0.05, 0.1) is 18.4 Å². The minimum Gasteiger partial charge on any atom is -0.495 e. The molecule has 0 aliphatic rings. The van der Waals surface area contributed by atoms with E-state index in [0.717, 1.165) is 11.3 Å². The van der Waals surface area contributed by atoms with Crippen LogP contribution < -0.4 is 15.8 Å². The van der Waals surface area contributed by atoms with Crippen molar-refractivity contribution < 1.29 is 4.74 Å². The fraction of sp³-hybridized carbons (Fsp3) is 0.133. The molecule has 0 atom stereocenters. The second kappa shape index (κ2) is 5.32. The van der Waals surface area contributed by atoms with Gasteiger partial charge in [-0.3, -0.25) is 0 Å². The van der Waals surface area contributed by atoms with Crippen LogP contribution in [0, 0.1) is 18.3 Å². The molecule has 2 rings (SSSR count). The molecule has 4 nitrogen and oxygen atoms in total. The summed E-state index contributed by atoms with van der Waals surface area (Å²) < 4.78 is 5.29. The molecular weight excluding hydrogens is 238 g/mol. The molecule has 0 saturated heterocycles. The third kappa shape index (κ3) is 2.61. The number of para-hydroxylation sites is 1. The molecule has 0 unspecified atom stereocenters. The number of hydrogen-bond acceptors (Lipinski definition) is 4. The summed E-state index contributed by atoms with van der Waals surface area (Å²) in [6, 6.07) is 13.1. The van der Waals surface area contributed by atoms with Crippen LogP contribution in [0.3, 0.4) is 0 Å². The standard InChI is InChI=1S/C15H15N3O/c1-10-8-12(17)6-7-13(10)18-15-11(9-16)4-3-5-14(15)19-2/h3-8,18H,17H2,1-2H3. The Labute approximate surface area is 112 Å². The smallest absolute Gasteiger partial charge is 0.143 e. The largest absolute Gasteiger partial charge is 0.495 e. The van der Waals surface area contributed by atoms with E-state index in [1.54, 1.807) is 19.2 Å². The number of benzene rings is 2. The third-order valence-electron chi connectivity index (χ3n) is 2.88. The zero-order valence-electron chi connectivity index (χ0n) is 10.9. The summed E-state index contributed by atoms with van der Waals surface area (Å²) in [6.45, 7) is 1.96. The maximum absolute atomic E-state index is 9.16. The third-order valence-corrected chi connectivity index (χ3v) is 2.88. The van der Waals surface area contributed by atoms with Gasteiger partial charge in [0.1, 0.15) is 11.8 Å². The normalized spacial score (nSPS) is 9.74. The predicted octanol–water partition coefficient (Wildman–Crippen LogP) is 3.20. The lowest BCUT2D eigenvalue weighted by molar-refractivity contribution is 0.416. The molecule has 0 aromatic heterocycles. The summed E-state index contributed by atoms with van der Waals surface area (Å²) in [4.78, 5) is 0. The Morgan fingerprint density at radius 3 is 2.68 bits per heavy atom. The maximum atomic E-state index is 9.16. The molecule has 0 saturated carbocycles. The predicted molar refractivity (Wildman–Crippen MR) is 76.6 cm³/mol. The van der Waals surface area contributed by atoms with Crippen LogP contribution in [0.4, 0.5) is 17.1 Å². The number of nitriles is 1. The number of nitrogens with zero attached hydrogens (tertiary/aromatic N) is 1. The highest BCUT2D eigenvalue weighted by Crippen LogP contribution is 2.32. The molecule has 96 valence electrons. The number of nitrogens with two attached hydrogens (primary N) is 1. The first kappa shape index (κ1) is 12.8. The van der Waals surface area contributed by atoms with Crippen molar-refractivity contribution in [3.63, 3.8) is 0 Å². The number of rotatable bonds is 3. The van der Waals surface area contributed by atoms with Crippen molar-refractivity contribution in [2.75, 3.05) is 18.2 Å². The van der Waals surface area contributed by atoms with E-state index in [9.17, 15) is 0 Å². The second-order valence-electron chi connectivity index (χ2n) is 4.19. The first-order valence-corrected chi connectivity index (χ1v) is 5.86. The number of aryl methyl sites for hydroxylation is 1. The highest BCUT2D eigenvalue weighted by atomic mass is 16.5. The highest BCUT2D eigenvalue weighted by molar-refractivity contribution is 5.75. The van der Waals surface area contributed by atoms with Crippen LogP contribution in [0.2, 0.25) is 0 Å². The highest BCUT2D eigenvalue weighted by Gasteiger charge is 2.10. The van der Waals surface area contributed by atoms with Crippen molar-refractivity contribution in [1.29, 1.82) is 5.26 Å². The van der Waals surface area contributed by atoms with Gasteiger partial charge in [-0.05, 0) is 42.8 Å². The van der Waals surface area contributed by atoms with Crippen molar-refractivity contribution in [1.82, 2.24) is 0 Å². The average molecular weight is 253 g/mol. The first-order chi connectivity index (χ1) is 9.15. The molecule has 0 fully saturated rings. The molecule has 2 aromatic rings. The Morgan fingerprint density at radius 2 is 2.05 bits per heavy atom. The van der Waals surface area contributed by atoms with Gasteiger partial charge < -0.3 is 15.8 Å². The Balaban J connectivity index is 2.46. The summed E-state index contributed by atoms with van der Waals surface area (Å²) in [6.07, 6.45) is 0.